The van der Waals surface area contributed by atoms with Gasteiger partial charge in [-0.1, -0.05) is 0 Å². The van der Waals surface area contributed by atoms with Crippen molar-refractivity contribution in [3.8, 4) is 0 Å². The Morgan fingerprint density at radius 3 is 2.66 bits per heavy atom. The minimum Gasteiger partial charge on any atom is -0.353 e. The zero-order valence-electron chi connectivity index (χ0n) is 16.4. The lowest BCUT2D eigenvalue weighted by atomic mass is 9.78. The molecule has 3 aromatic heterocycles. The zero-order chi connectivity index (χ0) is 22.7. The maximum atomic E-state index is 13.1. The first-order chi connectivity index (χ1) is 15.2. The van der Waals surface area contributed by atoms with Crippen LogP contribution >= 0.6 is 0 Å². The lowest BCUT2D eigenvalue weighted by Gasteiger charge is -2.46. The molecule has 0 N–H and O–H groups in total. The van der Waals surface area contributed by atoms with E-state index in [1.807, 2.05) is 0 Å². The van der Waals surface area contributed by atoms with E-state index in [0.717, 1.165) is 16.9 Å². The topological polar surface area (TPSA) is 80.0 Å². The highest BCUT2D eigenvalue weighted by Crippen LogP contribution is 2.44. The molecule has 0 aromatic carbocycles. The van der Waals surface area contributed by atoms with E-state index in [4.69, 9.17) is 0 Å². The Morgan fingerprint density at radius 2 is 1.94 bits per heavy atom. The van der Waals surface area contributed by atoms with E-state index in [9.17, 15) is 26.7 Å². The average molecular weight is 453 g/mol. The van der Waals surface area contributed by atoms with Crippen LogP contribution in [0.1, 0.15) is 12.1 Å². The van der Waals surface area contributed by atoms with Gasteiger partial charge in [0.05, 0.1) is 17.8 Å². The highest BCUT2D eigenvalue weighted by molar-refractivity contribution is 6.01. The average Bonchev–Trinajstić information content (AvgIpc) is 3.26. The fraction of sp³-hybridized carbons (Fsp3) is 0.421. The molecule has 2 fully saturated rings. The van der Waals surface area contributed by atoms with Crippen LogP contribution in [-0.2, 0) is 17.5 Å². The highest BCUT2D eigenvalue weighted by atomic mass is 19.4. The summed E-state index contributed by atoms with van der Waals surface area (Å²) in [5.74, 6) is 0.165. The van der Waals surface area contributed by atoms with Gasteiger partial charge in [-0.15, -0.1) is 0 Å². The SMILES string of the molecule is O=C1N(c2ccnc(C(F)(F)F)c2)CCC12CN(c1cnc3cnn(CC(F)F)c3n1)C2. The lowest BCUT2D eigenvalue weighted by molar-refractivity contribution is -0.141. The first-order valence-corrected chi connectivity index (χ1v) is 9.73. The number of carbonyl (C=O) groups is 1. The molecule has 32 heavy (non-hydrogen) atoms. The number of nitrogens with zero attached hydrogens (tertiary/aromatic N) is 7. The molecule has 0 aliphatic carbocycles. The molecule has 1 spiro atoms. The number of alkyl halides is 5. The van der Waals surface area contributed by atoms with Crippen molar-refractivity contribution < 1.29 is 26.7 Å². The molecule has 0 atom stereocenters. The van der Waals surface area contributed by atoms with Crippen LogP contribution in [0, 0.1) is 5.41 Å². The number of halogens is 5. The summed E-state index contributed by atoms with van der Waals surface area (Å²) < 4.78 is 65.5. The van der Waals surface area contributed by atoms with Gasteiger partial charge < -0.3 is 9.80 Å². The van der Waals surface area contributed by atoms with Crippen LogP contribution in [-0.4, -0.2) is 56.7 Å². The Hall–Kier alpha value is -3.38. The van der Waals surface area contributed by atoms with Crippen LogP contribution in [0.25, 0.3) is 11.2 Å². The third-order valence-electron chi connectivity index (χ3n) is 5.81. The van der Waals surface area contributed by atoms with Crippen molar-refractivity contribution in [3.63, 3.8) is 0 Å². The zero-order valence-corrected chi connectivity index (χ0v) is 16.4. The molecule has 0 unspecified atom stereocenters. The van der Waals surface area contributed by atoms with Crippen LogP contribution in [0.15, 0.2) is 30.7 Å². The van der Waals surface area contributed by atoms with Crippen LogP contribution in [0.3, 0.4) is 0 Å². The van der Waals surface area contributed by atoms with E-state index < -0.39 is 30.3 Å². The number of anilines is 2. The summed E-state index contributed by atoms with van der Waals surface area (Å²) >= 11 is 0. The second kappa shape index (κ2) is 7.07. The molecule has 1 amide bonds. The summed E-state index contributed by atoms with van der Waals surface area (Å²) in [6.45, 7) is 0.302. The van der Waals surface area contributed by atoms with E-state index in [1.165, 1.54) is 23.4 Å². The van der Waals surface area contributed by atoms with Gasteiger partial charge in [-0.05, 0) is 18.6 Å². The molecule has 2 saturated heterocycles. The largest absolute Gasteiger partial charge is 0.433 e. The molecule has 0 saturated carbocycles. The Labute approximate surface area is 177 Å². The quantitative estimate of drug-likeness (QED) is 0.566. The molecule has 168 valence electrons. The fourth-order valence-electron chi connectivity index (χ4n) is 4.21. The minimum atomic E-state index is -4.60. The van der Waals surface area contributed by atoms with Crippen molar-refractivity contribution in [2.24, 2.45) is 5.41 Å². The van der Waals surface area contributed by atoms with Gasteiger partial charge in [0.15, 0.2) is 5.65 Å². The monoisotopic (exact) mass is 453 g/mol. The predicted molar refractivity (Wildman–Crippen MR) is 102 cm³/mol. The number of rotatable bonds is 4. The first-order valence-electron chi connectivity index (χ1n) is 9.73. The van der Waals surface area contributed by atoms with Gasteiger partial charge in [0, 0.05) is 31.5 Å². The van der Waals surface area contributed by atoms with Crippen molar-refractivity contribution in [1.82, 2.24) is 24.7 Å². The molecule has 5 rings (SSSR count). The Bertz CT molecular complexity index is 1190. The minimum absolute atomic E-state index is 0.157. The van der Waals surface area contributed by atoms with Crippen molar-refractivity contribution >= 4 is 28.6 Å². The predicted octanol–water partition coefficient (Wildman–Crippen LogP) is 2.75. The summed E-state index contributed by atoms with van der Waals surface area (Å²) in [4.78, 5) is 28.1. The van der Waals surface area contributed by atoms with Gasteiger partial charge in [-0.2, -0.15) is 18.3 Å². The van der Waals surface area contributed by atoms with Gasteiger partial charge in [0.25, 0.3) is 6.43 Å². The summed E-state index contributed by atoms with van der Waals surface area (Å²) in [6.07, 6.45) is -2.84. The van der Waals surface area contributed by atoms with E-state index >= 15 is 0 Å². The third-order valence-corrected chi connectivity index (χ3v) is 5.81. The molecular formula is C19H16F5N7O. The molecule has 8 nitrogen and oxygen atoms in total. The van der Waals surface area contributed by atoms with Crippen molar-refractivity contribution in [2.75, 3.05) is 29.4 Å². The highest BCUT2D eigenvalue weighted by Gasteiger charge is 2.55. The van der Waals surface area contributed by atoms with E-state index in [-0.39, 0.29) is 17.2 Å². The standard InChI is InChI=1S/C19H16F5N7O/c20-14(21)8-31-16-12(6-27-31)26-7-15(28-16)29-9-18(10-29)2-4-30(17(18)32)11-1-3-25-13(5-11)19(22,23)24/h1,3,5-7,14H,2,4,8-10H2. The fourth-order valence-corrected chi connectivity index (χ4v) is 4.21. The molecule has 5 heterocycles. The van der Waals surface area contributed by atoms with Crippen LogP contribution in [0.2, 0.25) is 0 Å². The molecular weight excluding hydrogens is 437 g/mol. The molecule has 13 heteroatoms. The van der Waals surface area contributed by atoms with E-state index in [1.54, 1.807) is 4.90 Å². The van der Waals surface area contributed by atoms with Crippen LogP contribution in [0.4, 0.5) is 33.5 Å². The normalized spacial score (nSPS) is 18.2. The number of amides is 1. The molecule has 2 aliphatic heterocycles. The third kappa shape index (κ3) is 3.31. The van der Waals surface area contributed by atoms with E-state index in [0.29, 0.717) is 37.4 Å². The number of carbonyl (C=O) groups excluding carboxylic acids is 1. The number of fused-ring (bicyclic) bond motifs is 1. The van der Waals surface area contributed by atoms with Gasteiger partial charge >= 0.3 is 6.18 Å². The second-order valence-electron chi connectivity index (χ2n) is 7.90. The van der Waals surface area contributed by atoms with Gasteiger partial charge in [0.1, 0.15) is 23.6 Å². The second-order valence-corrected chi connectivity index (χ2v) is 7.90. The van der Waals surface area contributed by atoms with Crippen molar-refractivity contribution in [3.05, 3.63) is 36.4 Å². The first kappa shape index (κ1) is 20.5. The van der Waals surface area contributed by atoms with Crippen LogP contribution in [0.5, 0.6) is 0 Å². The lowest BCUT2D eigenvalue weighted by Crippen LogP contribution is -2.60. The smallest absolute Gasteiger partial charge is 0.353 e. The molecule has 0 bridgehead atoms. The summed E-state index contributed by atoms with van der Waals surface area (Å²) in [7, 11) is 0. The number of hydrogen-bond donors (Lipinski definition) is 0. The van der Waals surface area contributed by atoms with Crippen LogP contribution < -0.4 is 9.80 Å². The number of hydrogen-bond acceptors (Lipinski definition) is 6. The van der Waals surface area contributed by atoms with Crippen molar-refractivity contribution in [1.29, 1.82) is 0 Å². The van der Waals surface area contributed by atoms with Gasteiger partial charge in [0.2, 0.25) is 5.91 Å². The van der Waals surface area contributed by atoms with Crippen molar-refractivity contribution in [2.45, 2.75) is 25.6 Å². The molecule has 3 aromatic rings. The number of aromatic nitrogens is 5. The maximum Gasteiger partial charge on any atom is 0.433 e. The molecule has 0 radical (unpaired) electrons. The van der Waals surface area contributed by atoms with E-state index in [2.05, 4.69) is 20.1 Å². The van der Waals surface area contributed by atoms with Gasteiger partial charge in [-0.25, -0.2) is 23.4 Å². The maximum absolute atomic E-state index is 13.1. The summed E-state index contributed by atoms with van der Waals surface area (Å²) in [5, 5.41) is 3.88. The Balaban J connectivity index is 1.33. The molecule has 2 aliphatic rings. The Kier molecular flexibility index (Phi) is 4.53. The summed E-state index contributed by atoms with van der Waals surface area (Å²) in [5.41, 5.74) is -1.03. The number of pyridine rings is 1. The van der Waals surface area contributed by atoms with Gasteiger partial charge in [-0.3, -0.25) is 9.78 Å². The summed E-state index contributed by atoms with van der Waals surface area (Å²) in [6, 6.07) is 2.25. The Morgan fingerprint density at radius 1 is 1.16 bits per heavy atom.